The maximum absolute atomic E-state index is 13.7. The molecule has 0 spiro atoms. The molecular weight excluding hydrogens is 267 g/mol. The number of rotatable bonds is 0. The Bertz CT molecular complexity index is 577. The molecule has 3 atom stereocenters. The molecule has 19 heavy (non-hydrogen) atoms. The third kappa shape index (κ3) is 1.52. The Hall–Kier alpha value is -1.29. The van der Waals surface area contributed by atoms with E-state index in [4.69, 9.17) is 11.6 Å². The van der Waals surface area contributed by atoms with Gasteiger partial charge in [0.25, 0.3) is 0 Å². The average molecular weight is 281 g/mol. The van der Waals surface area contributed by atoms with Crippen molar-refractivity contribution in [1.29, 1.82) is 0 Å². The monoisotopic (exact) mass is 280 g/mol. The first kappa shape index (κ1) is 11.5. The van der Waals surface area contributed by atoms with Crippen LogP contribution in [0, 0.1) is 17.7 Å². The topological polar surface area (TPSA) is 32.3 Å². The van der Waals surface area contributed by atoms with Gasteiger partial charge in [0, 0.05) is 12.6 Å². The highest BCUT2D eigenvalue weighted by Crippen LogP contribution is 2.48. The second-order valence-electron chi connectivity index (χ2n) is 5.72. The second kappa shape index (κ2) is 3.85. The molecule has 2 aliphatic heterocycles. The number of nitrogens with one attached hydrogen (secondary N) is 1. The molecule has 0 radical (unpaired) electrons. The molecule has 0 aromatic heterocycles. The Kier molecular flexibility index (Phi) is 2.34. The number of halogens is 2. The molecule has 2 fully saturated rings. The molecule has 1 aromatic carbocycles. The summed E-state index contributed by atoms with van der Waals surface area (Å²) in [6.45, 7) is 0.858. The van der Waals surface area contributed by atoms with E-state index in [2.05, 4.69) is 10.2 Å². The van der Waals surface area contributed by atoms with Crippen LogP contribution >= 0.6 is 11.6 Å². The molecule has 1 aromatic rings. The Morgan fingerprint density at radius 3 is 3.05 bits per heavy atom. The third-order valence-electron chi connectivity index (χ3n) is 4.76. The highest BCUT2D eigenvalue weighted by Gasteiger charge is 2.50. The maximum atomic E-state index is 13.7. The van der Waals surface area contributed by atoms with Crippen molar-refractivity contribution in [3.8, 4) is 0 Å². The van der Waals surface area contributed by atoms with Gasteiger partial charge in [-0.1, -0.05) is 18.0 Å². The first-order chi connectivity index (χ1) is 9.15. The van der Waals surface area contributed by atoms with E-state index in [1.54, 1.807) is 0 Å². The third-order valence-corrected chi connectivity index (χ3v) is 5.05. The number of fused-ring (bicyclic) bond motifs is 5. The van der Waals surface area contributed by atoms with E-state index in [9.17, 15) is 9.18 Å². The summed E-state index contributed by atoms with van der Waals surface area (Å²) in [5.74, 6) is 0.601. The highest BCUT2D eigenvalue weighted by atomic mass is 35.5. The summed E-state index contributed by atoms with van der Waals surface area (Å²) in [5.41, 5.74) is 1.41. The number of nitrogens with zero attached hydrogens (tertiary/aromatic N) is 1. The van der Waals surface area contributed by atoms with Gasteiger partial charge in [0.1, 0.15) is 11.9 Å². The average Bonchev–Trinajstić information content (AvgIpc) is 2.91. The quantitative estimate of drug-likeness (QED) is 0.792. The standard InChI is InChI=1S/C14H14ClFN2O/c15-9-4-11-12(5-10(9)16)18-6-7-2-1-3-8(7)13(18)14(19)17-11/h4-5,7-8,13H,1-3,6H2,(H,17,19). The van der Waals surface area contributed by atoms with E-state index >= 15 is 0 Å². The van der Waals surface area contributed by atoms with Gasteiger partial charge >= 0.3 is 0 Å². The van der Waals surface area contributed by atoms with E-state index in [1.807, 2.05) is 0 Å². The zero-order valence-corrected chi connectivity index (χ0v) is 11.1. The molecule has 2 heterocycles. The number of hydrogen-bond acceptors (Lipinski definition) is 2. The van der Waals surface area contributed by atoms with E-state index < -0.39 is 5.82 Å². The number of carbonyl (C=O) groups excluding carboxylic acids is 1. The number of anilines is 2. The molecule has 0 bridgehead atoms. The van der Waals surface area contributed by atoms with Crippen LogP contribution in [0.25, 0.3) is 0 Å². The Labute approximate surface area is 115 Å². The first-order valence-corrected chi connectivity index (χ1v) is 7.09. The van der Waals surface area contributed by atoms with Crippen molar-refractivity contribution in [3.05, 3.63) is 23.0 Å². The molecule has 1 amide bonds. The van der Waals surface area contributed by atoms with E-state index in [1.165, 1.54) is 25.0 Å². The van der Waals surface area contributed by atoms with Crippen molar-refractivity contribution in [2.75, 3.05) is 16.8 Å². The van der Waals surface area contributed by atoms with Crippen LogP contribution in [-0.2, 0) is 4.79 Å². The highest BCUT2D eigenvalue weighted by molar-refractivity contribution is 6.31. The van der Waals surface area contributed by atoms with Crippen LogP contribution in [0.15, 0.2) is 12.1 Å². The molecule has 4 rings (SSSR count). The van der Waals surface area contributed by atoms with Crippen LogP contribution in [-0.4, -0.2) is 18.5 Å². The summed E-state index contributed by atoms with van der Waals surface area (Å²) in [5, 5.41) is 2.93. The summed E-state index contributed by atoms with van der Waals surface area (Å²) in [7, 11) is 0. The van der Waals surface area contributed by atoms with Crippen molar-refractivity contribution >= 4 is 28.9 Å². The lowest BCUT2D eigenvalue weighted by Crippen LogP contribution is -2.46. The molecule has 3 aliphatic rings. The minimum atomic E-state index is -0.424. The molecule has 1 saturated heterocycles. The molecule has 1 N–H and O–H groups in total. The normalized spacial score (nSPS) is 31.8. The summed E-state index contributed by atoms with van der Waals surface area (Å²) in [6, 6.07) is 2.83. The lowest BCUT2D eigenvalue weighted by molar-refractivity contribution is -0.118. The van der Waals surface area contributed by atoms with Crippen LogP contribution in [0.3, 0.4) is 0 Å². The molecule has 5 heteroatoms. The molecule has 100 valence electrons. The number of hydrogen-bond donors (Lipinski definition) is 1. The SMILES string of the molecule is O=C1Nc2cc(Cl)c(F)cc2N2CC3CCCC3C12. The van der Waals surface area contributed by atoms with Gasteiger partial charge in [-0.05, 0) is 30.7 Å². The lowest BCUT2D eigenvalue weighted by atomic mass is 9.92. The predicted octanol–water partition coefficient (Wildman–Crippen LogP) is 3.04. The molecule has 1 aliphatic carbocycles. The fraction of sp³-hybridized carbons (Fsp3) is 0.500. The van der Waals surface area contributed by atoms with Gasteiger partial charge in [0.15, 0.2) is 0 Å². The fourth-order valence-corrected chi connectivity index (χ4v) is 4.13. The van der Waals surface area contributed by atoms with Crippen molar-refractivity contribution < 1.29 is 9.18 Å². The fourth-order valence-electron chi connectivity index (χ4n) is 3.97. The summed E-state index contributed by atoms with van der Waals surface area (Å²) in [4.78, 5) is 14.4. The molecular formula is C14H14ClFN2O. The van der Waals surface area contributed by atoms with Crippen molar-refractivity contribution in [2.45, 2.75) is 25.3 Å². The second-order valence-corrected chi connectivity index (χ2v) is 6.13. The van der Waals surface area contributed by atoms with Crippen molar-refractivity contribution in [3.63, 3.8) is 0 Å². The predicted molar refractivity (Wildman–Crippen MR) is 72.0 cm³/mol. The largest absolute Gasteiger partial charge is 0.357 e. The van der Waals surface area contributed by atoms with Gasteiger partial charge in [-0.3, -0.25) is 4.79 Å². The number of carbonyl (C=O) groups is 1. The van der Waals surface area contributed by atoms with Gasteiger partial charge < -0.3 is 10.2 Å². The minimum absolute atomic E-state index is 0.0320. The van der Waals surface area contributed by atoms with E-state index in [0.29, 0.717) is 17.5 Å². The maximum Gasteiger partial charge on any atom is 0.247 e. The van der Waals surface area contributed by atoms with Crippen LogP contribution in [0.2, 0.25) is 5.02 Å². The summed E-state index contributed by atoms with van der Waals surface area (Å²) >= 11 is 5.79. The molecule has 1 saturated carbocycles. The van der Waals surface area contributed by atoms with Crippen LogP contribution < -0.4 is 10.2 Å². The lowest BCUT2D eigenvalue weighted by Gasteiger charge is -2.35. The van der Waals surface area contributed by atoms with Gasteiger partial charge in [0.05, 0.1) is 16.4 Å². The van der Waals surface area contributed by atoms with Gasteiger partial charge in [-0.15, -0.1) is 0 Å². The Balaban J connectivity index is 1.82. The van der Waals surface area contributed by atoms with Crippen molar-refractivity contribution in [1.82, 2.24) is 0 Å². The Morgan fingerprint density at radius 1 is 1.37 bits per heavy atom. The van der Waals surface area contributed by atoms with Gasteiger partial charge in [0.2, 0.25) is 5.91 Å². The Morgan fingerprint density at radius 2 is 2.21 bits per heavy atom. The summed E-state index contributed by atoms with van der Waals surface area (Å²) in [6.07, 6.45) is 3.48. The first-order valence-electron chi connectivity index (χ1n) is 6.71. The van der Waals surface area contributed by atoms with Crippen molar-refractivity contribution in [2.24, 2.45) is 11.8 Å². The van der Waals surface area contributed by atoms with Gasteiger partial charge in [-0.25, -0.2) is 4.39 Å². The number of amides is 1. The van der Waals surface area contributed by atoms with Gasteiger partial charge in [-0.2, -0.15) is 0 Å². The number of benzene rings is 1. The van der Waals surface area contributed by atoms with E-state index in [-0.39, 0.29) is 17.0 Å². The van der Waals surface area contributed by atoms with Crippen LogP contribution in [0.1, 0.15) is 19.3 Å². The summed E-state index contributed by atoms with van der Waals surface area (Å²) < 4.78 is 13.7. The zero-order valence-electron chi connectivity index (χ0n) is 10.3. The van der Waals surface area contributed by atoms with Crippen LogP contribution in [0.4, 0.5) is 15.8 Å². The minimum Gasteiger partial charge on any atom is -0.357 e. The molecule has 3 unspecified atom stereocenters. The van der Waals surface area contributed by atoms with Crippen LogP contribution in [0.5, 0.6) is 0 Å². The molecule has 3 nitrogen and oxygen atoms in total. The smallest absolute Gasteiger partial charge is 0.247 e. The van der Waals surface area contributed by atoms with E-state index in [0.717, 1.165) is 18.7 Å². The zero-order chi connectivity index (χ0) is 13.1.